The first-order chi connectivity index (χ1) is 20.3. The fraction of sp³-hybridized carbons (Fsp3) is 0.267. The Bertz CT molecular complexity index is 1740. The number of nitro groups is 1. The van der Waals surface area contributed by atoms with E-state index in [1.807, 2.05) is 0 Å². The van der Waals surface area contributed by atoms with E-state index in [1.165, 1.54) is 19.1 Å². The van der Waals surface area contributed by atoms with Crippen LogP contribution in [0.4, 0.5) is 24.5 Å². The molecular formula is C30H21F3N2O8. The van der Waals surface area contributed by atoms with Crippen LogP contribution < -0.4 is 9.64 Å². The zero-order chi connectivity index (χ0) is 31.0. The number of ketones is 2. The number of non-ortho nitro benzene ring substituents is 1. The zero-order valence-electron chi connectivity index (χ0n) is 22.3. The number of halogens is 3. The van der Waals surface area contributed by atoms with Gasteiger partial charge in [-0.25, -0.2) is 0 Å². The lowest BCUT2D eigenvalue weighted by Gasteiger charge is -2.42. The molecule has 2 aromatic carbocycles. The molecular weight excluding hydrogens is 573 g/mol. The van der Waals surface area contributed by atoms with Crippen LogP contribution in [0.3, 0.4) is 0 Å². The highest BCUT2D eigenvalue weighted by Gasteiger charge is 2.57. The number of hydrogen-bond donors (Lipinski definition) is 1. The van der Waals surface area contributed by atoms with Gasteiger partial charge in [-0.2, -0.15) is 0 Å². The highest BCUT2D eigenvalue weighted by molar-refractivity contribution is 6.25. The van der Waals surface area contributed by atoms with Gasteiger partial charge in [-0.05, 0) is 62.1 Å². The van der Waals surface area contributed by atoms with E-state index < -0.39 is 69.8 Å². The third-order valence-electron chi connectivity index (χ3n) is 8.42. The number of amides is 2. The molecule has 4 atom stereocenters. The lowest BCUT2D eigenvalue weighted by atomic mass is 9.59. The van der Waals surface area contributed by atoms with Gasteiger partial charge in [-0.1, -0.05) is 11.6 Å². The molecule has 0 bridgehead atoms. The number of phenols is 1. The maximum Gasteiger partial charge on any atom is 0.573 e. The minimum Gasteiger partial charge on any atom is -0.508 e. The monoisotopic (exact) mass is 594 g/mol. The molecule has 1 N–H and O–H groups in total. The quantitative estimate of drug-likeness (QED) is 0.174. The number of carbonyl (C=O) groups excluding carboxylic acids is 4. The van der Waals surface area contributed by atoms with Crippen molar-refractivity contribution in [3.8, 4) is 11.5 Å². The van der Waals surface area contributed by atoms with Crippen LogP contribution in [0.15, 0.2) is 76.9 Å². The Morgan fingerprint density at radius 2 is 1.72 bits per heavy atom. The molecule has 220 valence electrons. The van der Waals surface area contributed by atoms with Crippen molar-refractivity contribution in [3.05, 3.63) is 92.6 Å². The number of hydrogen-bond acceptors (Lipinski definition) is 8. The number of rotatable bonds is 4. The van der Waals surface area contributed by atoms with E-state index in [9.17, 15) is 47.6 Å². The van der Waals surface area contributed by atoms with E-state index in [1.54, 1.807) is 6.08 Å². The number of allylic oxidation sites excluding steroid dienone is 6. The molecule has 10 nitrogen and oxygen atoms in total. The fourth-order valence-corrected chi connectivity index (χ4v) is 6.68. The van der Waals surface area contributed by atoms with Crippen LogP contribution in [0.1, 0.15) is 31.2 Å². The number of Topliss-reactive ketones (excluding diaryl/α,β-unsaturated/α-hetero) is 1. The van der Waals surface area contributed by atoms with Crippen molar-refractivity contribution in [2.45, 2.75) is 32.0 Å². The Morgan fingerprint density at radius 3 is 2.37 bits per heavy atom. The van der Waals surface area contributed by atoms with Crippen molar-refractivity contribution in [1.82, 2.24) is 0 Å². The van der Waals surface area contributed by atoms with Crippen molar-refractivity contribution >= 4 is 34.8 Å². The summed E-state index contributed by atoms with van der Waals surface area (Å²) in [7, 11) is 0. The van der Waals surface area contributed by atoms with Crippen LogP contribution in [-0.4, -0.2) is 39.8 Å². The van der Waals surface area contributed by atoms with Crippen LogP contribution in [0.5, 0.6) is 11.5 Å². The summed E-state index contributed by atoms with van der Waals surface area (Å²) in [6.45, 7) is 1.45. The molecule has 0 unspecified atom stereocenters. The first kappa shape index (κ1) is 28.1. The lowest BCUT2D eigenvalue weighted by molar-refractivity contribution is -0.384. The summed E-state index contributed by atoms with van der Waals surface area (Å²) in [6.07, 6.45) is -2.31. The van der Waals surface area contributed by atoms with Crippen LogP contribution in [0.2, 0.25) is 0 Å². The highest BCUT2D eigenvalue weighted by Crippen LogP contribution is 2.56. The van der Waals surface area contributed by atoms with Crippen molar-refractivity contribution in [2.24, 2.45) is 17.8 Å². The van der Waals surface area contributed by atoms with E-state index in [-0.39, 0.29) is 46.5 Å². The van der Waals surface area contributed by atoms with E-state index in [2.05, 4.69) is 4.74 Å². The van der Waals surface area contributed by atoms with Gasteiger partial charge in [-0.15, -0.1) is 13.2 Å². The predicted octanol–water partition coefficient (Wildman–Crippen LogP) is 4.83. The topological polar surface area (TPSA) is 144 Å². The van der Waals surface area contributed by atoms with Crippen LogP contribution in [0, 0.1) is 27.9 Å². The lowest BCUT2D eigenvalue weighted by Crippen LogP contribution is -2.39. The average Bonchev–Trinajstić information content (AvgIpc) is 3.20. The van der Waals surface area contributed by atoms with Gasteiger partial charge in [0.15, 0.2) is 11.6 Å². The molecule has 0 radical (unpaired) electrons. The molecule has 1 fully saturated rings. The van der Waals surface area contributed by atoms with Crippen LogP contribution in [0.25, 0.3) is 0 Å². The first-order valence-electron chi connectivity index (χ1n) is 13.2. The molecule has 0 spiro atoms. The number of carbonyl (C=O) groups is 4. The molecule has 3 aliphatic carbocycles. The van der Waals surface area contributed by atoms with E-state index in [0.29, 0.717) is 5.57 Å². The minimum atomic E-state index is -5.04. The molecule has 0 aromatic heterocycles. The van der Waals surface area contributed by atoms with Gasteiger partial charge in [-0.3, -0.25) is 34.2 Å². The van der Waals surface area contributed by atoms with Gasteiger partial charge >= 0.3 is 6.36 Å². The predicted molar refractivity (Wildman–Crippen MR) is 142 cm³/mol. The molecule has 1 heterocycles. The summed E-state index contributed by atoms with van der Waals surface area (Å²) in [5.74, 6) is -7.14. The second-order valence-electron chi connectivity index (χ2n) is 10.8. The van der Waals surface area contributed by atoms with Crippen LogP contribution >= 0.6 is 0 Å². The van der Waals surface area contributed by atoms with Crippen molar-refractivity contribution < 1.29 is 47.1 Å². The molecule has 13 heteroatoms. The molecule has 2 aromatic rings. The summed E-state index contributed by atoms with van der Waals surface area (Å²) in [6, 6.07) is 7.73. The number of anilines is 1. The third-order valence-corrected chi connectivity index (χ3v) is 8.42. The maximum atomic E-state index is 13.9. The van der Waals surface area contributed by atoms with E-state index >= 15 is 0 Å². The molecule has 6 rings (SSSR count). The van der Waals surface area contributed by atoms with Crippen molar-refractivity contribution in [2.75, 3.05) is 4.90 Å². The fourth-order valence-electron chi connectivity index (χ4n) is 6.68. The molecule has 0 saturated carbocycles. The maximum absolute atomic E-state index is 13.9. The molecule has 1 saturated heterocycles. The summed E-state index contributed by atoms with van der Waals surface area (Å²) in [5.41, 5.74) is 0.373. The number of phenolic OH excluding ortho intramolecular Hbond substituents is 1. The van der Waals surface area contributed by atoms with Gasteiger partial charge < -0.3 is 9.84 Å². The van der Waals surface area contributed by atoms with Gasteiger partial charge in [0.05, 0.1) is 22.4 Å². The van der Waals surface area contributed by atoms with E-state index in [4.69, 9.17) is 0 Å². The number of nitrogens with zero attached hydrogens (tertiary/aromatic N) is 2. The number of fused-ring (bicyclic) bond motifs is 3. The molecule has 4 aliphatic rings. The summed E-state index contributed by atoms with van der Waals surface area (Å²) >= 11 is 0. The standard InChI is InChI=1S/C30H21F3N2O8/c1-13-10-23(37)26-21(27(13)38)12-19-17(24(26)20-11-16(6-9-22(20)36)43-30(31,32)33)7-8-18-25(19)29(40)34(28(18)39)14-2-4-15(5-3-14)35(41)42/h2-7,9-11,18-19,24-25,36H,8,12H2,1H3/t18-,19+,24+,25-/m0/s1. The Hall–Kier alpha value is -5.07. The minimum absolute atomic E-state index is 0.0139. The number of imide groups is 1. The Morgan fingerprint density at radius 1 is 1.02 bits per heavy atom. The van der Waals surface area contributed by atoms with Crippen molar-refractivity contribution in [3.63, 3.8) is 0 Å². The molecule has 43 heavy (non-hydrogen) atoms. The van der Waals surface area contributed by atoms with E-state index in [0.717, 1.165) is 41.3 Å². The third kappa shape index (κ3) is 4.51. The largest absolute Gasteiger partial charge is 0.573 e. The normalized spacial score (nSPS) is 25.2. The second-order valence-corrected chi connectivity index (χ2v) is 10.8. The molecule has 1 aliphatic heterocycles. The molecule has 2 amide bonds. The number of ether oxygens (including phenoxy) is 1. The smallest absolute Gasteiger partial charge is 0.508 e. The van der Waals surface area contributed by atoms with Gasteiger partial charge in [0.25, 0.3) is 5.69 Å². The van der Waals surface area contributed by atoms with Gasteiger partial charge in [0.2, 0.25) is 11.8 Å². The highest BCUT2D eigenvalue weighted by atomic mass is 19.4. The first-order valence-corrected chi connectivity index (χ1v) is 13.2. The summed E-state index contributed by atoms with van der Waals surface area (Å²) in [4.78, 5) is 65.5. The second kappa shape index (κ2) is 9.75. The number of alkyl halides is 3. The average molecular weight is 594 g/mol. The Kier molecular flexibility index (Phi) is 6.36. The number of nitro benzene ring substituents is 1. The summed E-state index contributed by atoms with van der Waals surface area (Å²) in [5, 5.41) is 21.9. The zero-order valence-corrected chi connectivity index (χ0v) is 22.3. The summed E-state index contributed by atoms with van der Waals surface area (Å²) < 4.78 is 43.2. The SMILES string of the molecule is CC1=CC(=O)C2=C(C[C@@H]3C(=CC[C@@H]4C(=O)N(c5ccc([N+](=O)[O-])cc5)C(=O)[C@@H]43)[C@@H]2c2cc(OC(F)(F)F)ccc2O)C1=O. The van der Waals surface area contributed by atoms with Gasteiger partial charge in [0, 0.05) is 40.3 Å². The van der Waals surface area contributed by atoms with Crippen LogP contribution in [-0.2, 0) is 19.2 Å². The Balaban J connectivity index is 1.47. The number of aromatic hydroxyl groups is 1. The number of benzene rings is 2. The van der Waals surface area contributed by atoms with Crippen molar-refractivity contribution in [1.29, 1.82) is 0 Å². The van der Waals surface area contributed by atoms with Gasteiger partial charge in [0.1, 0.15) is 11.5 Å². The Labute approximate surface area is 240 Å².